The topological polar surface area (TPSA) is 107 Å². The molecule has 0 bridgehead atoms. The van der Waals surface area contributed by atoms with Gasteiger partial charge in [-0.2, -0.15) is 4.99 Å². The third-order valence-corrected chi connectivity index (χ3v) is 6.04. The molecule has 1 unspecified atom stereocenters. The van der Waals surface area contributed by atoms with Crippen LogP contribution in [0.3, 0.4) is 0 Å². The van der Waals surface area contributed by atoms with Crippen molar-refractivity contribution in [2.45, 2.75) is 6.04 Å². The van der Waals surface area contributed by atoms with Crippen molar-refractivity contribution in [1.29, 1.82) is 0 Å². The van der Waals surface area contributed by atoms with Crippen molar-refractivity contribution in [2.75, 3.05) is 38.1 Å². The summed E-state index contributed by atoms with van der Waals surface area (Å²) in [6.07, 6.45) is 2.93. The summed E-state index contributed by atoms with van der Waals surface area (Å²) in [5.74, 6) is -1.44. The molecule has 0 aliphatic carbocycles. The van der Waals surface area contributed by atoms with Crippen LogP contribution in [0.25, 0.3) is 0 Å². The predicted octanol–water partition coefficient (Wildman–Crippen LogP) is 1.51. The number of nitrogens with zero attached hydrogens (tertiary/aromatic N) is 5. The molecule has 0 saturated carbocycles. The lowest BCUT2D eigenvalue weighted by Crippen LogP contribution is -2.55. The number of fused-ring (bicyclic) bond motifs is 1. The van der Waals surface area contributed by atoms with E-state index < -0.39 is 23.8 Å². The Labute approximate surface area is 193 Å². The van der Waals surface area contributed by atoms with E-state index in [1.54, 1.807) is 29.0 Å². The van der Waals surface area contributed by atoms with E-state index in [0.29, 0.717) is 13.1 Å². The second-order valence-corrected chi connectivity index (χ2v) is 8.10. The van der Waals surface area contributed by atoms with E-state index in [4.69, 9.17) is 4.42 Å². The molecule has 5 rings (SSSR count). The molecule has 1 atom stereocenters. The molecule has 3 aliphatic heterocycles. The molecule has 1 aromatic heterocycles. The minimum absolute atomic E-state index is 0.0925. The Morgan fingerprint density at radius 1 is 1.00 bits per heavy atom. The van der Waals surface area contributed by atoms with E-state index in [9.17, 15) is 23.6 Å². The Balaban J connectivity index is 1.32. The number of hydrogen-bond donors (Lipinski definition) is 0. The number of rotatable bonds is 3. The molecule has 3 aliphatic rings. The lowest BCUT2D eigenvalue weighted by Gasteiger charge is -2.35. The van der Waals surface area contributed by atoms with Gasteiger partial charge in [-0.1, -0.05) is 0 Å². The quantitative estimate of drug-likeness (QED) is 0.680. The zero-order valence-electron chi connectivity index (χ0n) is 18.2. The van der Waals surface area contributed by atoms with Crippen molar-refractivity contribution in [3.8, 4) is 0 Å². The monoisotopic (exact) mass is 465 g/mol. The summed E-state index contributed by atoms with van der Waals surface area (Å²) in [5, 5.41) is 0. The van der Waals surface area contributed by atoms with Crippen molar-refractivity contribution >= 4 is 35.2 Å². The summed E-state index contributed by atoms with van der Waals surface area (Å²) in [7, 11) is 1.62. The van der Waals surface area contributed by atoms with Crippen LogP contribution in [-0.2, 0) is 9.59 Å². The fraction of sp³-hybridized carbons (Fsp3) is 0.261. The fourth-order valence-electron chi connectivity index (χ4n) is 4.30. The first kappa shape index (κ1) is 21.6. The lowest BCUT2D eigenvalue weighted by atomic mass is 10.0. The van der Waals surface area contributed by atoms with Crippen molar-refractivity contribution < 1.29 is 28.0 Å². The first-order valence-corrected chi connectivity index (χ1v) is 10.6. The molecule has 1 aromatic carbocycles. The van der Waals surface area contributed by atoms with Crippen molar-refractivity contribution in [1.82, 2.24) is 14.7 Å². The number of piperazine rings is 1. The third-order valence-electron chi connectivity index (χ3n) is 6.04. The van der Waals surface area contributed by atoms with Crippen LogP contribution in [-0.4, -0.2) is 83.4 Å². The number of anilines is 1. The molecule has 11 heteroatoms. The number of urea groups is 1. The zero-order valence-corrected chi connectivity index (χ0v) is 18.2. The first-order chi connectivity index (χ1) is 16.3. The van der Waals surface area contributed by atoms with Crippen LogP contribution in [0.1, 0.15) is 10.6 Å². The molecule has 0 radical (unpaired) electrons. The smallest absolute Gasteiger partial charge is 0.355 e. The van der Waals surface area contributed by atoms with Crippen molar-refractivity contribution in [2.24, 2.45) is 4.99 Å². The van der Waals surface area contributed by atoms with Gasteiger partial charge in [-0.15, -0.1) is 0 Å². The van der Waals surface area contributed by atoms with Gasteiger partial charge < -0.3 is 19.1 Å². The lowest BCUT2D eigenvalue weighted by molar-refractivity contribution is -0.128. The number of hydrogen-bond acceptors (Lipinski definition) is 6. The Kier molecular flexibility index (Phi) is 5.23. The molecule has 0 spiro atoms. The number of benzene rings is 1. The molecular weight excluding hydrogens is 445 g/mol. The van der Waals surface area contributed by atoms with Crippen LogP contribution < -0.4 is 4.90 Å². The number of halogens is 1. The minimum Gasteiger partial charge on any atom is -0.459 e. The summed E-state index contributed by atoms with van der Waals surface area (Å²) < 4.78 is 18.4. The number of furan rings is 1. The van der Waals surface area contributed by atoms with Gasteiger partial charge in [0.2, 0.25) is 0 Å². The Hall–Kier alpha value is -4.28. The molecule has 5 amide bonds. The fourth-order valence-corrected chi connectivity index (χ4v) is 4.30. The summed E-state index contributed by atoms with van der Waals surface area (Å²) >= 11 is 0. The number of amides is 5. The maximum absolute atomic E-state index is 13.3. The van der Waals surface area contributed by atoms with E-state index in [-0.39, 0.29) is 47.6 Å². The molecule has 1 saturated heterocycles. The highest BCUT2D eigenvalue weighted by molar-refractivity contribution is 6.39. The number of aliphatic imine (C=N–C) groups is 1. The molecule has 1 fully saturated rings. The van der Waals surface area contributed by atoms with Gasteiger partial charge in [-0.05, 0) is 36.4 Å². The van der Waals surface area contributed by atoms with Crippen molar-refractivity contribution in [3.63, 3.8) is 0 Å². The average molecular weight is 465 g/mol. The molecule has 10 nitrogen and oxygen atoms in total. The summed E-state index contributed by atoms with van der Waals surface area (Å²) in [6, 6.07) is 6.39. The Morgan fingerprint density at radius 3 is 2.26 bits per heavy atom. The highest BCUT2D eigenvalue weighted by atomic mass is 19.1. The van der Waals surface area contributed by atoms with Crippen LogP contribution in [0.5, 0.6) is 0 Å². The van der Waals surface area contributed by atoms with E-state index in [1.807, 2.05) is 0 Å². The van der Waals surface area contributed by atoms with Crippen LogP contribution >= 0.6 is 0 Å². The summed E-state index contributed by atoms with van der Waals surface area (Å²) in [5.41, 5.74) is 0.457. The van der Waals surface area contributed by atoms with E-state index in [1.165, 1.54) is 29.5 Å². The maximum atomic E-state index is 13.3. The Morgan fingerprint density at radius 2 is 1.65 bits per heavy atom. The molecule has 0 N–H and O–H groups in total. The van der Waals surface area contributed by atoms with E-state index >= 15 is 0 Å². The normalized spacial score (nSPS) is 20.4. The van der Waals surface area contributed by atoms with Gasteiger partial charge in [-0.3, -0.25) is 14.4 Å². The van der Waals surface area contributed by atoms with Gasteiger partial charge in [0.25, 0.3) is 17.7 Å². The molecule has 34 heavy (non-hydrogen) atoms. The van der Waals surface area contributed by atoms with Gasteiger partial charge in [0.1, 0.15) is 5.82 Å². The average Bonchev–Trinajstić information content (AvgIpc) is 3.48. The summed E-state index contributed by atoms with van der Waals surface area (Å²) in [4.78, 5) is 61.2. The van der Waals surface area contributed by atoms with Crippen LogP contribution in [0, 0.1) is 5.82 Å². The van der Waals surface area contributed by atoms with E-state index in [0.717, 1.165) is 17.0 Å². The Bertz CT molecular complexity index is 1230. The van der Waals surface area contributed by atoms with Crippen LogP contribution in [0.2, 0.25) is 0 Å². The number of imide groups is 1. The second-order valence-electron chi connectivity index (χ2n) is 8.10. The third kappa shape index (κ3) is 3.54. The van der Waals surface area contributed by atoms with Gasteiger partial charge in [0, 0.05) is 39.4 Å². The minimum atomic E-state index is -0.941. The first-order valence-electron chi connectivity index (χ1n) is 10.6. The second kappa shape index (κ2) is 8.25. The van der Waals surface area contributed by atoms with Gasteiger partial charge in [0.05, 0.1) is 23.2 Å². The summed E-state index contributed by atoms with van der Waals surface area (Å²) in [6.45, 7) is 1.21. The highest BCUT2D eigenvalue weighted by Crippen LogP contribution is 2.29. The molecule has 4 heterocycles. The van der Waals surface area contributed by atoms with Gasteiger partial charge in [0.15, 0.2) is 11.8 Å². The zero-order chi connectivity index (χ0) is 24.0. The predicted molar refractivity (Wildman–Crippen MR) is 118 cm³/mol. The number of carbonyl (C=O) groups excluding carboxylic acids is 4. The van der Waals surface area contributed by atoms with Crippen LogP contribution in [0.15, 0.2) is 63.8 Å². The van der Waals surface area contributed by atoms with Crippen LogP contribution in [0.4, 0.5) is 14.9 Å². The maximum Gasteiger partial charge on any atom is 0.355 e. The standard InChI is InChI=1S/C23H20FN5O5/c1-26-13-16(20(30)27-8-10-28(11-9-27)21(31)17-3-2-12-34-17)18-19(26)22(32)29(23(33)25-18)15-6-4-14(24)5-7-15/h2-7,12-13,19H,8-11H2,1H3. The number of likely N-dealkylation sites (N-methyl/N-ethyl adjacent to an activating group) is 1. The molecular formula is C23H20FN5O5. The molecule has 174 valence electrons. The highest BCUT2D eigenvalue weighted by Gasteiger charge is 2.47. The van der Waals surface area contributed by atoms with Gasteiger partial charge in [-0.25, -0.2) is 14.1 Å². The SMILES string of the molecule is CN1C=C(C(=O)N2CCN(C(=O)c3ccco3)CC2)C2=NC(=O)N(c3ccc(F)cc3)C(=O)C21. The van der Waals surface area contributed by atoms with Gasteiger partial charge >= 0.3 is 6.03 Å². The van der Waals surface area contributed by atoms with Crippen molar-refractivity contribution in [3.05, 3.63) is 66.0 Å². The largest absolute Gasteiger partial charge is 0.459 e. The van der Waals surface area contributed by atoms with E-state index in [2.05, 4.69) is 4.99 Å². The molecule has 2 aromatic rings. The number of carbonyl (C=O) groups is 4.